The quantitative estimate of drug-likeness (QED) is 0.791. The molecular weight excluding hydrogens is 206 g/mol. The number of hydrogen-bond acceptors (Lipinski definition) is 5. The van der Waals surface area contributed by atoms with Crippen molar-refractivity contribution in [2.75, 3.05) is 6.54 Å². The molecule has 0 radical (unpaired) electrons. The Hall–Kier alpha value is -0.940. The van der Waals surface area contributed by atoms with Gasteiger partial charge in [0.2, 0.25) is 5.89 Å². The van der Waals surface area contributed by atoms with Crippen molar-refractivity contribution in [3.8, 4) is 0 Å². The lowest BCUT2D eigenvalue weighted by Crippen LogP contribution is -2.36. The molecule has 0 aliphatic heterocycles. The first-order valence-corrected chi connectivity index (χ1v) is 5.76. The van der Waals surface area contributed by atoms with Crippen LogP contribution < -0.4 is 0 Å². The van der Waals surface area contributed by atoms with E-state index in [1.54, 1.807) is 6.92 Å². The lowest BCUT2D eigenvalue weighted by Gasteiger charge is -2.25. The predicted molar refractivity (Wildman–Crippen MR) is 60.9 cm³/mol. The third-order valence-corrected chi connectivity index (χ3v) is 2.39. The van der Waals surface area contributed by atoms with Crippen molar-refractivity contribution in [1.82, 2.24) is 15.0 Å². The molecule has 5 heteroatoms. The largest absolute Gasteiger partial charge is 0.392 e. The fourth-order valence-electron chi connectivity index (χ4n) is 1.47. The Morgan fingerprint density at radius 1 is 1.38 bits per heavy atom. The molecule has 1 unspecified atom stereocenters. The highest BCUT2D eigenvalue weighted by atomic mass is 16.5. The van der Waals surface area contributed by atoms with Crippen LogP contribution >= 0.6 is 0 Å². The van der Waals surface area contributed by atoms with E-state index < -0.39 is 0 Å². The highest BCUT2D eigenvalue weighted by molar-refractivity contribution is 4.86. The standard InChI is InChI=1S/C11H21N3O2/c1-5-10-12-11(16-13-10)7-14(8(2)3)6-9(4)15/h8-9,15H,5-7H2,1-4H3. The number of rotatable bonds is 6. The number of aliphatic hydroxyl groups is 1. The van der Waals surface area contributed by atoms with E-state index in [1.165, 1.54) is 0 Å². The summed E-state index contributed by atoms with van der Waals surface area (Å²) in [5.74, 6) is 1.35. The van der Waals surface area contributed by atoms with Crippen LogP contribution in [-0.2, 0) is 13.0 Å². The number of hydrogen-bond donors (Lipinski definition) is 1. The van der Waals surface area contributed by atoms with E-state index in [1.807, 2.05) is 6.92 Å². The third kappa shape index (κ3) is 3.90. The molecule has 1 N–H and O–H groups in total. The summed E-state index contributed by atoms with van der Waals surface area (Å²) in [6.45, 7) is 9.14. The molecule has 0 spiro atoms. The molecule has 0 saturated carbocycles. The first kappa shape index (κ1) is 13.1. The molecule has 0 saturated heterocycles. The molecule has 1 rings (SSSR count). The van der Waals surface area contributed by atoms with E-state index in [9.17, 15) is 5.11 Å². The Morgan fingerprint density at radius 3 is 2.50 bits per heavy atom. The number of nitrogens with zero attached hydrogens (tertiary/aromatic N) is 3. The van der Waals surface area contributed by atoms with Gasteiger partial charge in [0.05, 0.1) is 12.6 Å². The first-order valence-electron chi connectivity index (χ1n) is 5.76. The molecular formula is C11H21N3O2. The van der Waals surface area contributed by atoms with Crippen LogP contribution in [0.1, 0.15) is 39.4 Å². The molecule has 16 heavy (non-hydrogen) atoms. The van der Waals surface area contributed by atoms with Crippen molar-refractivity contribution in [2.24, 2.45) is 0 Å². The van der Waals surface area contributed by atoms with Gasteiger partial charge < -0.3 is 9.63 Å². The minimum atomic E-state index is -0.351. The van der Waals surface area contributed by atoms with E-state index in [-0.39, 0.29) is 6.10 Å². The fourth-order valence-corrected chi connectivity index (χ4v) is 1.47. The lowest BCUT2D eigenvalue weighted by molar-refractivity contribution is 0.0943. The van der Waals surface area contributed by atoms with Gasteiger partial charge in [-0.1, -0.05) is 12.1 Å². The van der Waals surface area contributed by atoms with E-state index in [2.05, 4.69) is 28.9 Å². The van der Waals surface area contributed by atoms with Gasteiger partial charge in [0.1, 0.15) is 0 Å². The van der Waals surface area contributed by atoms with Crippen LogP contribution in [0.3, 0.4) is 0 Å². The van der Waals surface area contributed by atoms with Crippen LogP contribution in [0.2, 0.25) is 0 Å². The molecule has 1 aromatic rings. The summed E-state index contributed by atoms with van der Waals surface area (Å²) in [6.07, 6.45) is 0.428. The van der Waals surface area contributed by atoms with Gasteiger partial charge in [-0.25, -0.2) is 0 Å². The topological polar surface area (TPSA) is 62.4 Å². The summed E-state index contributed by atoms with van der Waals surface area (Å²) in [6, 6.07) is 0.339. The van der Waals surface area contributed by atoms with Gasteiger partial charge in [-0.3, -0.25) is 4.90 Å². The number of aryl methyl sites for hydroxylation is 1. The first-order chi connectivity index (χ1) is 7.52. The molecule has 0 amide bonds. The highest BCUT2D eigenvalue weighted by Gasteiger charge is 2.16. The maximum atomic E-state index is 9.39. The molecule has 1 atom stereocenters. The molecule has 92 valence electrons. The number of aromatic nitrogens is 2. The minimum absolute atomic E-state index is 0.339. The highest BCUT2D eigenvalue weighted by Crippen LogP contribution is 2.07. The Morgan fingerprint density at radius 2 is 2.06 bits per heavy atom. The molecule has 0 aliphatic carbocycles. The van der Waals surface area contributed by atoms with Gasteiger partial charge >= 0.3 is 0 Å². The zero-order chi connectivity index (χ0) is 12.1. The van der Waals surface area contributed by atoms with E-state index >= 15 is 0 Å². The Kier molecular flexibility index (Phi) is 4.89. The van der Waals surface area contributed by atoms with Gasteiger partial charge in [0.25, 0.3) is 0 Å². The Bertz CT molecular complexity index is 310. The van der Waals surface area contributed by atoms with Crippen molar-refractivity contribution >= 4 is 0 Å². The number of aliphatic hydroxyl groups excluding tert-OH is 1. The van der Waals surface area contributed by atoms with Crippen molar-refractivity contribution < 1.29 is 9.63 Å². The second-order valence-electron chi connectivity index (χ2n) is 4.33. The van der Waals surface area contributed by atoms with Crippen molar-refractivity contribution in [2.45, 2.75) is 52.8 Å². The summed E-state index contributed by atoms with van der Waals surface area (Å²) in [5.41, 5.74) is 0. The SMILES string of the molecule is CCc1noc(CN(CC(C)O)C(C)C)n1. The summed E-state index contributed by atoms with van der Waals surface area (Å²) < 4.78 is 5.13. The normalized spacial score (nSPS) is 13.7. The average molecular weight is 227 g/mol. The summed E-state index contributed by atoms with van der Waals surface area (Å²) >= 11 is 0. The van der Waals surface area contributed by atoms with Gasteiger partial charge in [0, 0.05) is 19.0 Å². The second kappa shape index (κ2) is 5.96. The molecule has 0 bridgehead atoms. The van der Waals surface area contributed by atoms with Crippen LogP contribution in [0.4, 0.5) is 0 Å². The molecule has 1 heterocycles. The maximum Gasteiger partial charge on any atom is 0.240 e. The lowest BCUT2D eigenvalue weighted by atomic mass is 10.2. The van der Waals surface area contributed by atoms with Crippen molar-refractivity contribution in [3.63, 3.8) is 0 Å². The van der Waals surface area contributed by atoms with Crippen LogP contribution in [0.15, 0.2) is 4.52 Å². The van der Waals surface area contributed by atoms with Crippen LogP contribution in [0.5, 0.6) is 0 Å². The summed E-state index contributed by atoms with van der Waals surface area (Å²) in [4.78, 5) is 6.37. The maximum absolute atomic E-state index is 9.39. The zero-order valence-electron chi connectivity index (χ0n) is 10.5. The molecule has 5 nitrogen and oxygen atoms in total. The van der Waals surface area contributed by atoms with Gasteiger partial charge in [-0.2, -0.15) is 4.98 Å². The Balaban J connectivity index is 2.60. The molecule has 0 aliphatic rings. The summed E-state index contributed by atoms with van der Waals surface area (Å²) in [5, 5.41) is 13.2. The van der Waals surface area contributed by atoms with Gasteiger partial charge in [-0.05, 0) is 20.8 Å². The molecule has 0 aromatic carbocycles. The monoisotopic (exact) mass is 227 g/mol. The third-order valence-electron chi connectivity index (χ3n) is 2.39. The van der Waals surface area contributed by atoms with E-state index in [0.717, 1.165) is 12.2 Å². The van der Waals surface area contributed by atoms with Crippen molar-refractivity contribution in [3.05, 3.63) is 11.7 Å². The minimum Gasteiger partial charge on any atom is -0.392 e. The van der Waals surface area contributed by atoms with E-state index in [0.29, 0.717) is 25.0 Å². The zero-order valence-corrected chi connectivity index (χ0v) is 10.5. The van der Waals surface area contributed by atoms with Gasteiger partial charge in [-0.15, -0.1) is 0 Å². The van der Waals surface area contributed by atoms with Crippen LogP contribution in [0, 0.1) is 0 Å². The average Bonchev–Trinajstić information content (AvgIpc) is 2.63. The molecule has 0 fully saturated rings. The summed E-state index contributed by atoms with van der Waals surface area (Å²) in [7, 11) is 0. The van der Waals surface area contributed by atoms with Crippen LogP contribution in [0.25, 0.3) is 0 Å². The van der Waals surface area contributed by atoms with E-state index in [4.69, 9.17) is 4.52 Å². The fraction of sp³-hybridized carbons (Fsp3) is 0.818. The Labute approximate surface area is 96.5 Å². The van der Waals surface area contributed by atoms with Crippen molar-refractivity contribution in [1.29, 1.82) is 0 Å². The second-order valence-corrected chi connectivity index (χ2v) is 4.33. The molecule has 1 aromatic heterocycles. The predicted octanol–water partition coefficient (Wildman–Crippen LogP) is 1.22. The van der Waals surface area contributed by atoms with Crippen LogP contribution in [-0.4, -0.2) is 38.8 Å². The van der Waals surface area contributed by atoms with Gasteiger partial charge in [0.15, 0.2) is 5.82 Å². The smallest absolute Gasteiger partial charge is 0.240 e.